The van der Waals surface area contributed by atoms with Crippen molar-refractivity contribution >= 4 is 10.9 Å². The molecule has 0 saturated heterocycles. The minimum absolute atomic E-state index is 0.0931. The summed E-state index contributed by atoms with van der Waals surface area (Å²) in [6, 6.07) is 8.45. The molecule has 6 heteroatoms. The number of hydrogen-bond donors (Lipinski definition) is 0. The molecule has 3 aromatic rings. The second kappa shape index (κ2) is 5.79. The Morgan fingerprint density at radius 2 is 2.17 bits per heavy atom. The zero-order valence-electron chi connectivity index (χ0n) is 13.4. The van der Waals surface area contributed by atoms with Gasteiger partial charge in [0, 0.05) is 50.8 Å². The first-order valence-corrected chi connectivity index (χ1v) is 7.92. The maximum Gasteiger partial charge on any atom is 0.266 e. The Labute approximate surface area is 138 Å². The minimum Gasteiger partial charge on any atom is -0.294 e. The molecule has 0 fully saturated rings. The lowest BCUT2D eigenvalue weighted by molar-refractivity contribution is 0.242. The molecule has 0 amide bonds. The first-order chi connectivity index (χ1) is 11.6. The van der Waals surface area contributed by atoms with Gasteiger partial charge in [0.05, 0.1) is 11.2 Å². The van der Waals surface area contributed by atoms with Crippen LogP contribution in [0.5, 0.6) is 0 Å². The van der Waals surface area contributed by atoms with E-state index in [2.05, 4.69) is 15.0 Å². The molecule has 0 N–H and O–H groups in total. The highest BCUT2D eigenvalue weighted by Crippen LogP contribution is 2.23. The molecular weight excluding hydrogens is 307 g/mol. The summed E-state index contributed by atoms with van der Waals surface area (Å²) in [5.74, 6) is -0.251. The van der Waals surface area contributed by atoms with Gasteiger partial charge in [-0.3, -0.25) is 14.7 Å². The number of nitrogens with zero attached hydrogens (tertiary/aromatic N) is 4. The third-order valence-corrected chi connectivity index (χ3v) is 4.51. The van der Waals surface area contributed by atoms with Gasteiger partial charge < -0.3 is 0 Å². The van der Waals surface area contributed by atoms with E-state index in [1.54, 1.807) is 37.5 Å². The Kier molecular flexibility index (Phi) is 3.61. The van der Waals surface area contributed by atoms with Gasteiger partial charge in [-0.1, -0.05) is 6.07 Å². The number of pyridine rings is 1. The van der Waals surface area contributed by atoms with Crippen LogP contribution in [0.2, 0.25) is 0 Å². The van der Waals surface area contributed by atoms with E-state index >= 15 is 0 Å². The fraction of sp³-hybridized carbons (Fsp3) is 0.278. The smallest absolute Gasteiger partial charge is 0.266 e. The van der Waals surface area contributed by atoms with Crippen LogP contribution in [0.3, 0.4) is 0 Å². The van der Waals surface area contributed by atoms with E-state index < -0.39 is 0 Å². The minimum atomic E-state index is -0.251. The van der Waals surface area contributed by atoms with Gasteiger partial charge in [0.2, 0.25) is 0 Å². The van der Waals surface area contributed by atoms with E-state index in [0.717, 1.165) is 29.8 Å². The SMILES string of the molecule is Cn1nc2c(cc1=O)CN(Cc1ccc(F)c3cccnc13)CC2. The van der Waals surface area contributed by atoms with Crippen molar-refractivity contribution in [3.05, 3.63) is 69.5 Å². The van der Waals surface area contributed by atoms with Crippen molar-refractivity contribution in [2.45, 2.75) is 19.5 Å². The number of aromatic nitrogens is 3. The van der Waals surface area contributed by atoms with Crippen molar-refractivity contribution in [1.29, 1.82) is 0 Å². The van der Waals surface area contributed by atoms with E-state index in [1.165, 1.54) is 10.7 Å². The molecule has 0 saturated carbocycles. The van der Waals surface area contributed by atoms with Crippen LogP contribution in [0, 0.1) is 5.82 Å². The van der Waals surface area contributed by atoms with E-state index in [9.17, 15) is 9.18 Å². The van der Waals surface area contributed by atoms with Gasteiger partial charge in [0.1, 0.15) is 5.82 Å². The van der Waals surface area contributed by atoms with Gasteiger partial charge in [-0.15, -0.1) is 0 Å². The Balaban J connectivity index is 1.64. The van der Waals surface area contributed by atoms with Crippen molar-refractivity contribution in [2.24, 2.45) is 7.05 Å². The summed E-state index contributed by atoms with van der Waals surface area (Å²) in [6.45, 7) is 2.19. The standard InChI is InChI=1S/C18H17FN4O/c1-22-17(24)9-13-11-23(8-6-16(13)21-22)10-12-4-5-15(19)14-3-2-7-20-18(12)14/h2-5,7,9H,6,8,10-11H2,1H3. The number of aryl methyl sites for hydroxylation is 1. The molecule has 1 aromatic carbocycles. The highest BCUT2D eigenvalue weighted by Gasteiger charge is 2.20. The van der Waals surface area contributed by atoms with Gasteiger partial charge in [-0.05, 0) is 29.3 Å². The molecule has 0 aliphatic carbocycles. The molecule has 2 aromatic heterocycles. The maximum absolute atomic E-state index is 13.9. The van der Waals surface area contributed by atoms with Gasteiger partial charge in [0.25, 0.3) is 5.56 Å². The number of halogens is 1. The lowest BCUT2D eigenvalue weighted by atomic mass is 10.0. The van der Waals surface area contributed by atoms with Crippen molar-refractivity contribution in [3.63, 3.8) is 0 Å². The molecule has 1 aliphatic rings. The third kappa shape index (κ3) is 2.59. The molecule has 0 spiro atoms. The fourth-order valence-electron chi connectivity index (χ4n) is 3.25. The fourth-order valence-corrected chi connectivity index (χ4v) is 3.25. The van der Waals surface area contributed by atoms with Crippen LogP contribution in [0.4, 0.5) is 4.39 Å². The molecule has 0 atom stereocenters. The summed E-state index contributed by atoms with van der Waals surface area (Å²) in [5, 5.41) is 4.88. The van der Waals surface area contributed by atoms with E-state index in [1.807, 2.05) is 0 Å². The molecule has 1 aliphatic heterocycles. The Morgan fingerprint density at radius 1 is 1.29 bits per heavy atom. The van der Waals surface area contributed by atoms with Gasteiger partial charge >= 0.3 is 0 Å². The van der Waals surface area contributed by atoms with Gasteiger partial charge in [-0.25, -0.2) is 9.07 Å². The zero-order chi connectivity index (χ0) is 16.7. The van der Waals surface area contributed by atoms with Gasteiger partial charge in [0.15, 0.2) is 0 Å². The topological polar surface area (TPSA) is 51.0 Å². The van der Waals surface area contributed by atoms with Crippen LogP contribution in [-0.2, 0) is 26.6 Å². The average molecular weight is 324 g/mol. The van der Waals surface area contributed by atoms with Crippen LogP contribution in [-0.4, -0.2) is 26.2 Å². The van der Waals surface area contributed by atoms with Crippen LogP contribution in [0.1, 0.15) is 16.8 Å². The highest BCUT2D eigenvalue weighted by molar-refractivity contribution is 5.82. The summed E-state index contributed by atoms with van der Waals surface area (Å²) in [4.78, 5) is 18.4. The lowest BCUT2D eigenvalue weighted by Crippen LogP contribution is -2.34. The van der Waals surface area contributed by atoms with E-state index in [-0.39, 0.29) is 11.4 Å². The maximum atomic E-state index is 13.9. The molecule has 122 valence electrons. The largest absolute Gasteiger partial charge is 0.294 e. The summed E-state index contributed by atoms with van der Waals surface area (Å²) in [7, 11) is 1.67. The van der Waals surface area contributed by atoms with E-state index in [0.29, 0.717) is 24.0 Å². The highest BCUT2D eigenvalue weighted by atomic mass is 19.1. The van der Waals surface area contributed by atoms with Crippen LogP contribution < -0.4 is 5.56 Å². The summed E-state index contributed by atoms with van der Waals surface area (Å²) in [5.41, 5.74) is 3.56. The van der Waals surface area contributed by atoms with Crippen LogP contribution in [0.15, 0.2) is 41.3 Å². The molecule has 0 unspecified atom stereocenters. The first-order valence-electron chi connectivity index (χ1n) is 7.92. The van der Waals surface area contributed by atoms with Crippen molar-refractivity contribution in [2.75, 3.05) is 6.54 Å². The van der Waals surface area contributed by atoms with E-state index in [4.69, 9.17) is 0 Å². The molecule has 0 radical (unpaired) electrons. The predicted molar refractivity (Wildman–Crippen MR) is 89.0 cm³/mol. The monoisotopic (exact) mass is 324 g/mol. The average Bonchev–Trinajstić information content (AvgIpc) is 2.59. The summed E-state index contributed by atoms with van der Waals surface area (Å²) < 4.78 is 15.3. The van der Waals surface area contributed by atoms with Crippen LogP contribution >= 0.6 is 0 Å². The lowest BCUT2D eigenvalue weighted by Gasteiger charge is -2.28. The molecule has 5 nitrogen and oxygen atoms in total. The van der Waals surface area contributed by atoms with Crippen LogP contribution in [0.25, 0.3) is 10.9 Å². The Morgan fingerprint density at radius 3 is 3.04 bits per heavy atom. The molecule has 3 heterocycles. The molecule has 24 heavy (non-hydrogen) atoms. The summed E-state index contributed by atoms with van der Waals surface area (Å²) in [6.07, 6.45) is 2.49. The van der Waals surface area contributed by atoms with Crippen molar-refractivity contribution < 1.29 is 4.39 Å². The first kappa shape index (κ1) is 15.0. The number of benzene rings is 1. The Bertz CT molecular complexity index is 982. The third-order valence-electron chi connectivity index (χ3n) is 4.51. The molecule has 0 bridgehead atoms. The second-order valence-corrected chi connectivity index (χ2v) is 6.14. The number of fused-ring (bicyclic) bond motifs is 2. The number of rotatable bonds is 2. The quantitative estimate of drug-likeness (QED) is 0.724. The predicted octanol–water partition coefficient (Wildman–Crippen LogP) is 2.03. The molecular formula is C18H17FN4O. The summed E-state index contributed by atoms with van der Waals surface area (Å²) >= 11 is 0. The number of hydrogen-bond acceptors (Lipinski definition) is 4. The van der Waals surface area contributed by atoms with Gasteiger partial charge in [-0.2, -0.15) is 5.10 Å². The van der Waals surface area contributed by atoms with Crippen molar-refractivity contribution in [3.8, 4) is 0 Å². The normalized spacial score (nSPS) is 14.8. The van der Waals surface area contributed by atoms with Crippen molar-refractivity contribution in [1.82, 2.24) is 19.7 Å². The zero-order valence-corrected chi connectivity index (χ0v) is 13.4. The second-order valence-electron chi connectivity index (χ2n) is 6.14. The molecule has 4 rings (SSSR count). The Hall–Kier alpha value is -2.60.